The first-order valence-corrected chi connectivity index (χ1v) is 9.91. The molecule has 0 aliphatic rings. The maximum absolute atomic E-state index is 6.02. The van der Waals surface area contributed by atoms with Crippen molar-refractivity contribution in [3.63, 3.8) is 0 Å². The molecule has 1 heterocycles. The van der Waals surface area contributed by atoms with E-state index in [1.54, 1.807) is 0 Å². The normalized spacial score (nSPS) is 11.9. The Hall–Kier alpha value is 0.160. The van der Waals surface area contributed by atoms with Crippen LogP contribution in [-0.2, 0) is 18.9 Å². The van der Waals surface area contributed by atoms with Crippen LogP contribution in [0.5, 0.6) is 0 Å². The smallest absolute Gasteiger partial charge is 0.0738 e. The molecule has 114 valence electrons. The zero-order chi connectivity index (χ0) is 15.6. The molecule has 2 nitrogen and oxygen atoms in total. The number of aryl methyl sites for hydroxylation is 2. The third-order valence-corrected chi connectivity index (χ3v) is 7.17. The van der Waals surface area contributed by atoms with Crippen LogP contribution in [0, 0.1) is 6.92 Å². The lowest BCUT2D eigenvalue weighted by Crippen LogP contribution is -2.33. The molecule has 0 aliphatic carbocycles. The van der Waals surface area contributed by atoms with E-state index >= 15 is 0 Å². The number of benzene rings is 1. The average molecular weight is 499 g/mol. The van der Waals surface area contributed by atoms with Crippen LogP contribution in [0.15, 0.2) is 28.7 Å². The monoisotopic (exact) mass is 496 g/mol. The Kier molecular flexibility index (Phi) is 5.97. The fraction of sp³-hybridized carbons (Fsp3) is 0.400. The molecule has 21 heavy (non-hydrogen) atoms. The number of halogens is 4. The van der Waals surface area contributed by atoms with Gasteiger partial charge in [-0.15, -0.1) is 0 Å². The Morgan fingerprint density at radius 2 is 1.76 bits per heavy atom. The summed E-state index contributed by atoms with van der Waals surface area (Å²) in [6.45, 7) is 2.01. The first kappa shape index (κ1) is 17.5. The topological polar surface area (TPSA) is 17.8 Å². The van der Waals surface area contributed by atoms with E-state index in [2.05, 4.69) is 65.0 Å². The Morgan fingerprint density at radius 1 is 1.19 bits per heavy atom. The lowest BCUT2D eigenvalue weighted by atomic mass is 9.80. The van der Waals surface area contributed by atoms with Gasteiger partial charge in [-0.25, -0.2) is 0 Å². The largest absolute Gasteiger partial charge is 0.271 e. The van der Waals surface area contributed by atoms with E-state index in [4.69, 9.17) is 11.6 Å². The van der Waals surface area contributed by atoms with Crippen LogP contribution in [0.4, 0.5) is 0 Å². The Balaban J connectivity index is 2.45. The van der Waals surface area contributed by atoms with Crippen LogP contribution in [0.3, 0.4) is 0 Å². The molecular formula is C15H16Br3ClN2. The molecule has 1 aromatic carbocycles. The van der Waals surface area contributed by atoms with E-state index in [9.17, 15) is 0 Å². The summed E-state index contributed by atoms with van der Waals surface area (Å²) in [5, 5.41) is 6.95. The average Bonchev–Trinajstić information content (AvgIpc) is 2.72. The molecule has 0 saturated heterocycles. The number of aromatic nitrogens is 2. The molecule has 0 bridgehead atoms. The van der Waals surface area contributed by atoms with E-state index in [1.165, 1.54) is 11.3 Å². The summed E-state index contributed by atoms with van der Waals surface area (Å²) in [7, 11) is 1.99. The van der Waals surface area contributed by atoms with Crippen molar-refractivity contribution in [2.75, 3.05) is 10.7 Å². The second-order valence-corrected chi connectivity index (χ2v) is 7.55. The molecule has 0 N–H and O–H groups in total. The van der Waals surface area contributed by atoms with Crippen LogP contribution < -0.4 is 0 Å². The molecule has 1 aromatic heterocycles. The fourth-order valence-corrected chi connectivity index (χ4v) is 4.96. The lowest BCUT2D eigenvalue weighted by molar-refractivity contribution is 0.522. The molecule has 0 saturated carbocycles. The SMILES string of the molecule is Cc1nn(C)c(CC(CBr)(CBr)c2ccc(Cl)cc2)c1Br. The Labute approximate surface area is 155 Å². The minimum atomic E-state index is -0.0483. The van der Waals surface area contributed by atoms with Crippen molar-refractivity contribution in [3.8, 4) is 0 Å². The quantitative estimate of drug-likeness (QED) is 0.503. The maximum atomic E-state index is 6.02. The van der Waals surface area contributed by atoms with Gasteiger partial charge >= 0.3 is 0 Å². The van der Waals surface area contributed by atoms with E-state index in [-0.39, 0.29) is 5.41 Å². The van der Waals surface area contributed by atoms with Gasteiger partial charge in [0.2, 0.25) is 0 Å². The van der Waals surface area contributed by atoms with Crippen LogP contribution in [0.25, 0.3) is 0 Å². The van der Waals surface area contributed by atoms with Crippen LogP contribution in [0.2, 0.25) is 5.02 Å². The summed E-state index contributed by atoms with van der Waals surface area (Å²) in [6.07, 6.45) is 0.878. The van der Waals surface area contributed by atoms with Gasteiger partial charge < -0.3 is 0 Å². The van der Waals surface area contributed by atoms with Gasteiger partial charge in [-0.05, 0) is 40.5 Å². The Bertz CT molecular complexity index is 619. The maximum Gasteiger partial charge on any atom is 0.0738 e. The van der Waals surface area contributed by atoms with E-state index in [0.29, 0.717) is 0 Å². The van der Waals surface area contributed by atoms with Gasteiger partial charge in [0.1, 0.15) is 0 Å². The summed E-state index contributed by atoms with van der Waals surface area (Å²) in [5.74, 6) is 0. The third kappa shape index (κ3) is 3.57. The van der Waals surface area contributed by atoms with Crippen LogP contribution >= 0.6 is 59.4 Å². The molecule has 0 aliphatic heterocycles. The van der Waals surface area contributed by atoms with Gasteiger partial charge in [-0.2, -0.15) is 5.10 Å². The molecule has 0 fully saturated rings. The molecule has 2 rings (SSSR count). The van der Waals surface area contributed by atoms with E-state index in [0.717, 1.165) is 32.3 Å². The van der Waals surface area contributed by atoms with Gasteiger partial charge in [0, 0.05) is 34.6 Å². The zero-order valence-electron chi connectivity index (χ0n) is 11.8. The van der Waals surface area contributed by atoms with Crippen LogP contribution in [0.1, 0.15) is 17.0 Å². The summed E-state index contributed by atoms with van der Waals surface area (Å²) >= 11 is 17.1. The van der Waals surface area contributed by atoms with E-state index in [1.807, 2.05) is 30.8 Å². The molecular weight excluding hydrogens is 483 g/mol. The summed E-state index contributed by atoms with van der Waals surface area (Å²) in [6, 6.07) is 8.09. The van der Waals surface area contributed by atoms with E-state index < -0.39 is 0 Å². The van der Waals surface area contributed by atoms with Crippen molar-refractivity contribution in [3.05, 3.63) is 50.7 Å². The number of rotatable bonds is 5. The molecule has 0 unspecified atom stereocenters. The van der Waals surface area contributed by atoms with Crippen LogP contribution in [-0.4, -0.2) is 20.4 Å². The van der Waals surface area contributed by atoms with Gasteiger partial charge in [-0.3, -0.25) is 4.68 Å². The van der Waals surface area contributed by atoms with Gasteiger partial charge in [-0.1, -0.05) is 55.6 Å². The minimum Gasteiger partial charge on any atom is -0.271 e. The molecule has 2 aromatic rings. The second kappa shape index (κ2) is 7.16. The Morgan fingerprint density at radius 3 is 2.19 bits per heavy atom. The van der Waals surface area contributed by atoms with Crippen molar-refractivity contribution < 1.29 is 0 Å². The highest BCUT2D eigenvalue weighted by Crippen LogP contribution is 2.36. The standard InChI is InChI=1S/C15H16Br3ClN2/c1-10-14(18)13(21(2)20-10)7-15(8-16,9-17)11-3-5-12(19)6-4-11/h3-6H,7-9H2,1-2H3. The summed E-state index contributed by atoms with van der Waals surface area (Å²) < 4.78 is 3.04. The van der Waals surface area contributed by atoms with Crippen molar-refractivity contribution in [1.82, 2.24) is 9.78 Å². The highest BCUT2D eigenvalue weighted by Gasteiger charge is 2.32. The third-order valence-electron chi connectivity index (χ3n) is 3.74. The van der Waals surface area contributed by atoms with Crippen molar-refractivity contribution in [2.45, 2.75) is 18.8 Å². The summed E-state index contributed by atoms with van der Waals surface area (Å²) in [4.78, 5) is 0. The predicted octanol–water partition coefficient (Wildman–Crippen LogP) is 5.41. The number of nitrogens with zero attached hydrogens (tertiary/aromatic N) is 2. The van der Waals surface area contributed by atoms with Gasteiger partial charge in [0.25, 0.3) is 0 Å². The number of hydrogen-bond acceptors (Lipinski definition) is 1. The van der Waals surface area contributed by atoms with Gasteiger partial charge in [0.15, 0.2) is 0 Å². The minimum absolute atomic E-state index is 0.0483. The molecule has 0 spiro atoms. The first-order chi connectivity index (χ1) is 9.93. The lowest BCUT2D eigenvalue weighted by Gasteiger charge is -2.31. The number of alkyl halides is 2. The molecule has 0 radical (unpaired) electrons. The zero-order valence-corrected chi connectivity index (χ0v) is 17.4. The molecule has 0 atom stereocenters. The van der Waals surface area contributed by atoms with Gasteiger partial charge in [0.05, 0.1) is 15.9 Å². The van der Waals surface area contributed by atoms with Crippen molar-refractivity contribution >= 4 is 59.4 Å². The highest BCUT2D eigenvalue weighted by molar-refractivity contribution is 9.10. The molecule has 0 amide bonds. The van der Waals surface area contributed by atoms with Crippen molar-refractivity contribution in [1.29, 1.82) is 0 Å². The first-order valence-electron chi connectivity index (χ1n) is 6.49. The number of hydrogen-bond donors (Lipinski definition) is 0. The summed E-state index contributed by atoms with van der Waals surface area (Å²) in [5.41, 5.74) is 3.42. The fourth-order valence-electron chi connectivity index (χ4n) is 2.38. The van der Waals surface area contributed by atoms with Crippen molar-refractivity contribution in [2.24, 2.45) is 7.05 Å². The second-order valence-electron chi connectivity index (χ2n) is 5.20. The highest BCUT2D eigenvalue weighted by atomic mass is 79.9. The molecule has 6 heteroatoms. The predicted molar refractivity (Wildman–Crippen MR) is 100 cm³/mol.